The number of sulfonamides is 1. The van der Waals surface area contributed by atoms with E-state index in [0.29, 0.717) is 10.6 Å². The average Bonchev–Trinajstić information content (AvgIpc) is 3.00. The van der Waals surface area contributed by atoms with E-state index >= 15 is 0 Å². The van der Waals surface area contributed by atoms with E-state index in [-0.39, 0.29) is 39.5 Å². The summed E-state index contributed by atoms with van der Waals surface area (Å²) in [6.45, 7) is 4.91. The molecule has 0 aliphatic heterocycles. The lowest BCUT2D eigenvalue weighted by Crippen LogP contribution is -2.56. The van der Waals surface area contributed by atoms with Crippen molar-refractivity contribution < 1.29 is 18.0 Å². The van der Waals surface area contributed by atoms with Crippen LogP contribution < -0.4 is 9.62 Å². The number of amides is 2. The maximum absolute atomic E-state index is 14.5. The number of nitrogens with one attached hydrogen (secondary N) is 1. The first kappa shape index (κ1) is 34.3. The largest absolute Gasteiger partial charge is 0.350 e. The molecule has 0 bridgehead atoms. The zero-order chi connectivity index (χ0) is 32.8. The van der Waals surface area contributed by atoms with Crippen LogP contribution in [-0.2, 0) is 32.6 Å². The van der Waals surface area contributed by atoms with E-state index < -0.39 is 34.1 Å². The molecule has 7 nitrogen and oxygen atoms in total. The van der Waals surface area contributed by atoms with Gasteiger partial charge in [0.15, 0.2) is 0 Å². The van der Waals surface area contributed by atoms with Crippen LogP contribution in [0.25, 0.3) is 0 Å². The Morgan fingerprint density at radius 1 is 0.778 bits per heavy atom. The lowest BCUT2D eigenvalue weighted by atomic mass is 10.0. The molecule has 236 valence electrons. The molecule has 0 spiro atoms. The fraction of sp³-hybridized carbons (Fsp3) is 0.235. The second-order valence-electron chi connectivity index (χ2n) is 11.5. The van der Waals surface area contributed by atoms with Gasteiger partial charge >= 0.3 is 0 Å². The highest BCUT2D eigenvalue weighted by Gasteiger charge is 2.36. The van der Waals surface area contributed by atoms with Crippen LogP contribution in [0, 0.1) is 0 Å². The van der Waals surface area contributed by atoms with Crippen LogP contribution in [0.2, 0.25) is 15.1 Å². The van der Waals surface area contributed by atoms with Crippen molar-refractivity contribution >= 4 is 62.3 Å². The quantitative estimate of drug-likeness (QED) is 0.178. The average molecular weight is 687 g/mol. The van der Waals surface area contributed by atoms with Crippen LogP contribution in [0.4, 0.5) is 5.69 Å². The highest BCUT2D eigenvalue weighted by atomic mass is 35.5. The minimum Gasteiger partial charge on any atom is -0.350 e. The van der Waals surface area contributed by atoms with Gasteiger partial charge in [-0.3, -0.25) is 13.9 Å². The molecule has 0 heterocycles. The van der Waals surface area contributed by atoms with Crippen molar-refractivity contribution in [3.63, 3.8) is 0 Å². The molecule has 0 aromatic heterocycles. The summed E-state index contributed by atoms with van der Waals surface area (Å²) in [7, 11) is -4.31. The van der Waals surface area contributed by atoms with E-state index in [1.807, 2.05) is 51.1 Å². The summed E-state index contributed by atoms with van der Waals surface area (Å²) < 4.78 is 29.1. The number of rotatable bonds is 11. The van der Waals surface area contributed by atoms with Gasteiger partial charge < -0.3 is 10.2 Å². The molecule has 0 aliphatic rings. The molecular weight excluding hydrogens is 653 g/mol. The number of halogens is 3. The molecule has 0 saturated heterocycles. The predicted molar refractivity (Wildman–Crippen MR) is 181 cm³/mol. The summed E-state index contributed by atoms with van der Waals surface area (Å²) in [6.07, 6.45) is 0.186. The Labute approximate surface area is 279 Å². The molecule has 0 radical (unpaired) electrons. The SMILES string of the molecule is CC(C)(C)NC(=O)[C@H](Cc1ccccc1)N(Cc1ccc(Cl)cc1)C(=O)CN(c1cc(Cl)ccc1Cl)S(=O)(=O)c1ccccc1. The maximum Gasteiger partial charge on any atom is 0.264 e. The zero-order valence-electron chi connectivity index (χ0n) is 25.1. The van der Waals surface area contributed by atoms with Gasteiger partial charge in [0.05, 0.1) is 15.6 Å². The van der Waals surface area contributed by atoms with Gasteiger partial charge in [0.2, 0.25) is 11.8 Å². The lowest BCUT2D eigenvalue weighted by molar-refractivity contribution is -0.140. The van der Waals surface area contributed by atoms with Gasteiger partial charge in [-0.2, -0.15) is 0 Å². The van der Waals surface area contributed by atoms with E-state index in [1.165, 1.54) is 35.2 Å². The third kappa shape index (κ3) is 9.23. The fourth-order valence-electron chi connectivity index (χ4n) is 4.70. The van der Waals surface area contributed by atoms with Crippen molar-refractivity contribution in [2.75, 3.05) is 10.8 Å². The lowest BCUT2D eigenvalue weighted by Gasteiger charge is -2.35. The first-order valence-electron chi connectivity index (χ1n) is 14.2. The van der Waals surface area contributed by atoms with Crippen molar-refractivity contribution in [2.45, 2.75) is 50.2 Å². The molecule has 1 N–H and O–H groups in total. The molecule has 11 heteroatoms. The van der Waals surface area contributed by atoms with Crippen molar-refractivity contribution in [1.82, 2.24) is 10.2 Å². The number of carbonyl (C=O) groups excluding carboxylic acids is 2. The molecule has 0 saturated carbocycles. The third-order valence-electron chi connectivity index (χ3n) is 6.82. The smallest absolute Gasteiger partial charge is 0.264 e. The molecule has 4 aromatic carbocycles. The fourth-order valence-corrected chi connectivity index (χ4v) is 6.71. The topological polar surface area (TPSA) is 86.8 Å². The van der Waals surface area contributed by atoms with Gasteiger partial charge in [0, 0.05) is 28.5 Å². The van der Waals surface area contributed by atoms with Crippen LogP contribution in [0.1, 0.15) is 31.9 Å². The molecule has 45 heavy (non-hydrogen) atoms. The van der Waals surface area contributed by atoms with Gasteiger partial charge in [-0.25, -0.2) is 8.42 Å². The number of benzene rings is 4. The van der Waals surface area contributed by atoms with Gasteiger partial charge in [0.25, 0.3) is 10.0 Å². The van der Waals surface area contributed by atoms with Crippen LogP contribution in [0.3, 0.4) is 0 Å². The summed E-state index contributed by atoms with van der Waals surface area (Å²) in [5.41, 5.74) is 0.962. The molecule has 1 atom stereocenters. The Bertz CT molecular complexity index is 1730. The Kier molecular flexibility index (Phi) is 11.2. The Hall–Kier alpha value is -3.56. The Balaban J connectivity index is 1.84. The van der Waals surface area contributed by atoms with E-state index in [0.717, 1.165) is 9.87 Å². The number of carbonyl (C=O) groups is 2. The van der Waals surface area contributed by atoms with Gasteiger partial charge in [0.1, 0.15) is 12.6 Å². The molecule has 4 aromatic rings. The summed E-state index contributed by atoms with van der Waals surface area (Å²) in [6, 6.07) is 27.4. The third-order valence-corrected chi connectivity index (χ3v) is 9.40. The summed E-state index contributed by atoms with van der Waals surface area (Å²) in [5, 5.41) is 3.84. The first-order chi connectivity index (χ1) is 21.2. The second-order valence-corrected chi connectivity index (χ2v) is 14.7. The van der Waals surface area contributed by atoms with Crippen LogP contribution in [0.15, 0.2) is 108 Å². The standard InChI is InChI=1S/C34H34Cl3N3O4S/c1-34(2,3)38-33(42)31(20-24-10-6-4-7-11-24)39(22-25-14-16-26(35)17-15-25)32(41)23-40(30-21-27(36)18-19-29(30)37)45(43,44)28-12-8-5-9-13-28/h4-19,21,31H,20,22-23H2,1-3H3,(H,38,42)/t31-/m0/s1. The highest BCUT2D eigenvalue weighted by molar-refractivity contribution is 7.92. The molecule has 0 unspecified atom stereocenters. The minimum absolute atomic E-state index is 0.00751. The van der Waals surface area contributed by atoms with E-state index in [1.54, 1.807) is 42.5 Å². The van der Waals surface area contributed by atoms with E-state index in [9.17, 15) is 18.0 Å². The molecule has 4 rings (SSSR count). The number of anilines is 1. The Morgan fingerprint density at radius 2 is 1.36 bits per heavy atom. The maximum atomic E-state index is 14.5. The van der Waals surface area contributed by atoms with Crippen molar-refractivity contribution in [1.29, 1.82) is 0 Å². The zero-order valence-corrected chi connectivity index (χ0v) is 28.2. The van der Waals surface area contributed by atoms with Crippen molar-refractivity contribution in [3.8, 4) is 0 Å². The van der Waals surface area contributed by atoms with Gasteiger partial charge in [-0.05, 0) is 74.4 Å². The summed E-state index contributed by atoms with van der Waals surface area (Å²) in [5.74, 6) is -1.00. The van der Waals surface area contributed by atoms with Gasteiger partial charge in [-0.1, -0.05) is 95.5 Å². The predicted octanol–water partition coefficient (Wildman–Crippen LogP) is 7.40. The number of hydrogen-bond acceptors (Lipinski definition) is 4. The summed E-state index contributed by atoms with van der Waals surface area (Å²) >= 11 is 18.9. The van der Waals surface area contributed by atoms with Crippen LogP contribution >= 0.6 is 34.8 Å². The highest BCUT2D eigenvalue weighted by Crippen LogP contribution is 2.33. The van der Waals surface area contributed by atoms with Crippen molar-refractivity contribution in [3.05, 3.63) is 129 Å². The molecule has 2 amide bonds. The first-order valence-corrected chi connectivity index (χ1v) is 16.7. The number of hydrogen-bond donors (Lipinski definition) is 1. The monoisotopic (exact) mass is 685 g/mol. The van der Waals surface area contributed by atoms with Crippen LogP contribution in [-0.4, -0.2) is 43.3 Å². The molecular formula is C34H34Cl3N3O4S. The normalized spacial score (nSPS) is 12.3. The van der Waals surface area contributed by atoms with Crippen molar-refractivity contribution in [2.24, 2.45) is 0 Å². The molecule has 0 aliphatic carbocycles. The van der Waals surface area contributed by atoms with E-state index in [2.05, 4.69) is 5.32 Å². The minimum atomic E-state index is -4.31. The second kappa shape index (κ2) is 14.7. The van der Waals surface area contributed by atoms with Gasteiger partial charge in [-0.15, -0.1) is 0 Å². The molecule has 0 fully saturated rings. The van der Waals surface area contributed by atoms with E-state index in [4.69, 9.17) is 34.8 Å². The Morgan fingerprint density at radius 3 is 1.96 bits per heavy atom. The van der Waals surface area contributed by atoms with Crippen LogP contribution in [0.5, 0.6) is 0 Å². The number of nitrogens with zero attached hydrogens (tertiary/aromatic N) is 2. The summed E-state index contributed by atoms with van der Waals surface area (Å²) in [4.78, 5) is 29.8.